The molecule has 0 aliphatic rings. The first-order valence-electron chi connectivity index (χ1n) is 6.40. The van der Waals surface area contributed by atoms with Crippen LogP contribution in [-0.2, 0) is 11.3 Å². The van der Waals surface area contributed by atoms with E-state index in [9.17, 15) is 9.18 Å². The van der Waals surface area contributed by atoms with E-state index in [1.807, 2.05) is 0 Å². The van der Waals surface area contributed by atoms with Crippen molar-refractivity contribution in [2.24, 2.45) is 0 Å². The number of hydrogen-bond acceptors (Lipinski definition) is 3. The van der Waals surface area contributed by atoms with Crippen LogP contribution >= 0.6 is 15.9 Å². The lowest BCUT2D eigenvalue weighted by Gasteiger charge is -2.10. The summed E-state index contributed by atoms with van der Waals surface area (Å²) in [5.41, 5.74) is 3.88. The Morgan fingerprint density at radius 3 is 2.90 bits per heavy atom. The monoisotopic (exact) mass is 352 g/mol. The van der Waals surface area contributed by atoms with E-state index in [0.29, 0.717) is 27.8 Å². The van der Waals surface area contributed by atoms with Crippen molar-refractivity contribution < 1.29 is 14.0 Å². The first-order chi connectivity index (χ1) is 10.1. The van der Waals surface area contributed by atoms with Crippen LogP contribution in [0.1, 0.15) is 28.4 Å². The Labute approximate surface area is 130 Å². The van der Waals surface area contributed by atoms with Crippen molar-refractivity contribution in [2.75, 3.05) is 6.61 Å². The maximum Gasteiger partial charge on any atom is 0.275 e. The van der Waals surface area contributed by atoms with Gasteiger partial charge in [-0.3, -0.25) is 14.6 Å². The molecule has 1 amide bonds. The zero-order chi connectivity index (χ0) is 15.2. The molecule has 0 saturated heterocycles. The molecule has 0 bridgehead atoms. The minimum Gasteiger partial charge on any atom is -0.274 e. The number of hydrogen-bond donors (Lipinski definition) is 1. The topological polar surface area (TPSA) is 51.2 Å². The van der Waals surface area contributed by atoms with Gasteiger partial charge in [-0.25, -0.2) is 9.87 Å². The van der Waals surface area contributed by atoms with Crippen LogP contribution in [0.5, 0.6) is 0 Å². The number of benzene rings is 1. The van der Waals surface area contributed by atoms with E-state index in [4.69, 9.17) is 4.84 Å². The van der Waals surface area contributed by atoms with Gasteiger partial charge in [0.05, 0.1) is 6.61 Å². The molecule has 0 radical (unpaired) electrons. The fourth-order valence-electron chi connectivity index (χ4n) is 1.85. The molecule has 2 rings (SSSR count). The summed E-state index contributed by atoms with van der Waals surface area (Å²) in [5, 5.41) is 0. The maximum atomic E-state index is 13.9. The highest BCUT2D eigenvalue weighted by molar-refractivity contribution is 9.10. The van der Waals surface area contributed by atoms with Gasteiger partial charge in [-0.05, 0) is 36.2 Å². The average molecular weight is 353 g/mol. The van der Waals surface area contributed by atoms with Crippen molar-refractivity contribution in [1.29, 1.82) is 0 Å². The van der Waals surface area contributed by atoms with Crippen molar-refractivity contribution in [2.45, 2.75) is 13.3 Å². The molecule has 1 aromatic heterocycles. The third-order valence-electron chi connectivity index (χ3n) is 2.85. The van der Waals surface area contributed by atoms with E-state index in [2.05, 4.69) is 26.4 Å². The second-order valence-electron chi connectivity index (χ2n) is 4.31. The smallest absolute Gasteiger partial charge is 0.274 e. The Morgan fingerprint density at radius 1 is 1.38 bits per heavy atom. The number of carbonyl (C=O) groups is 1. The molecular formula is C15H14BrFN2O2. The number of carbonyl (C=O) groups excluding carboxylic acids is 1. The Kier molecular flexibility index (Phi) is 5.41. The largest absolute Gasteiger partial charge is 0.275 e. The molecule has 1 aromatic carbocycles. The van der Waals surface area contributed by atoms with Crippen LogP contribution in [0, 0.1) is 5.82 Å². The van der Waals surface area contributed by atoms with E-state index >= 15 is 0 Å². The molecule has 110 valence electrons. The van der Waals surface area contributed by atoms with Gasteiger partial charge in [0.15, 0.2) is 0 Å². The molecule has 2 aromatic rings. The second-order valence-corrected chi connectivity index (χ2v) is 5.23. The highest BCUT2D eigenvalue weighted by atomic mass is 79.9. The number of halogens is 2. The number of rotatable bonds is 5. The zero-order valence-electron chi connectivity index (χ0n) is 11.4. The highest BCUT2D eigenvalue weighted by Crippen LogP contribution is 2.19. The van der Waals surface area contributed by atoms with Crippen molar-refractivity contribution in [3.05, 3.63) is 63.6 Å². The van der Waals surface area contributed by atoms with Crippen LogP contribution in [0.2, 0.25) is 0 Å². The van der Waals surface area contributed by atoms with Gasteiger partial charge >= 0.3 is 0 Å². The standard InChI is InChI=1S/C15H14BrFN2O2/c1-2-21-19-15(20)13-5-6-18-9-11(13)7-10-3-4-12(16)8-14(10)17/h3-6,8-9H,2,7H2,1H3,(H,19,20). The Bertz CT molecular complexity index is 649. The third-order valence-corrected chi connectivity index (χ3v) is 3.35. The summed E-state index contributed by atoms with van der Waals surface area (Å²) in [6.07, 6.45) is 3.35. The second kappa shape index (κ2) is 7.28. The zero-order valence-corrected chi connectivity index (χ0v) is 13.0. The first-order valence-corrected chi connectivity index (χ1v) is 7.20. The summed E-state index contributed by atoms with van der Waals surface area (Å²) >= 11 is 3.21. The molecule has 6 heteroatoms. The molecule has 0 spiro atoms. The highest BCUT2D eigenvalue weighted by Gasteiger charge is 2.13. The summed E-state index contributed by atoms with van der Waals surface area (Å²) in [4.78, 5) is 20.9. The number of nitrogens with one attached hydrogen (secondary N) is 1. The molecule has 4 nitrogen and oxygen atoms in total. The van der Waals surface area contributed by atoms with Crippen LogP contribution in [0.4, 0.5) is 4.39 Å². The lowest BCUT2D eigenvalue weighted by molar-refractivity contribution is 0.0363. The van der Waals surface area contributed by atoms with Gasteiger partial charge in [0.1, 0.15) is 5.82 Å². The van der Waals surface area contributed by atoms with Crippen molar-refractivity contribution in [3.63, 3.8) is 0 Å². The molecule has 0 unspecified atom stereocenters. The maximum absolute atomic E-state index is 13.9. The Balaban J connectivity index is 2.26. The predicted molar refractivity (Wildman–Crippen MR) is 80.2 cm³/mol. The summed E-state index contributed by atoms with van der Waals surface area (Å²) in [7, 11) is 0. The lowest BCUT2D eigenvalue weighted by atomic mass is 10.0. The minimum absolute atomic E-state index is 0.280. The van der Waals surface area contributed by atoms with E-state index in [1.165, 1.54) is 12.3 Å². The molecule has 0 fully saturated rings. The van der Waals surface area contributed by atoms with Crippen molar-refractivity contribution in [3.8, 4) is 0 Å². The van der Waals surface area contributed by atoms with Gasteiger partial charge in [0.25, 0.3) is 5.91 Å². The molecule has 0 aliphatic carbocycles. The van der Waals surface area contributed by atoms with Gasteiger partial charge in [-0.1, -0.05) is 22.0 Å². The number of amides is 1. The summed E-state index contributed by atoms with van der Waals surface area (Å²) in [6.45, 7) is 2.14. The third kappa shape index (κ3) is 4.09. The summed E-state index contributed by atoms with van der Waals surface area (Å²) < 4.78 is 14.6. The van der Waals surface area contributed by atoms with Crippen molar-refractivity contribution in [1.82, 2.24) is 10.5 Å². The fourth-order valence-corrected chi connectivity index (χ4v) is 2.19. The molecule has 0 saturated carbocycles. The van der Waals surface area contributed by atoms with Gasteiger partial charge in [0.2, 0.25) is 0 Å². The van der Waals surface area contributed by atoms with Crippen LogP contribution in [0.3, 0.4) is 0 Å². The fraction of sp³-hybridized carbons (Fsp3) is 0.200. The van der Waals surface area contributed by atoms with Gasteiger partial charge in [-0.15, -0.1) is 0 Å². The molecule has 0 atom stereocenters. The molecule has 1 heterocycles. The Hall–Kier alpha value is -1.79. The Morgan fingerprint density at radius 2 is 2.19 bits per heavy atom. The van der Waals surface area contributed by atoms with E-state index < -0.39 is 0 Å². The molecule has 21 heavy (non-hydrogen) atoms. The average Bonchev–Trinajstić information content (AvgIpc) is 2.48. The van der Waals surface area contributed by atoms with Gasteiger partial charge in [0, 0.05) is 28.9 Å². The number of aromatic nitrogens is 1. The summed E-state index contributed by atoms with van der Waals surface area (Å²) in [6, 6.07) is 6.41. The lowest BCUT2D eigenvalue weighted by Crippen LogP contribution is -2.25. The van der Waals surface area contributed by atoms with Gasteiger partial charge in [-0.2, -0.15) is 0 Å². The number of pyridine rings is 1. The molecular weight excluding hydrogens is 339 g/mol. The van der Waals surface area contributed by atoms with Crippen LogP contribution in [-0.4, -0.2) is 17.5 Å². The van der Waals surface area contributed by atoms with Crippen LogP contribution in [0.25, 0.3) is 0 Å². The molecule has 0 aliphatic heterocycles. The van der Waals surface area contributed by atoms with E-state index in [0.717, 1.165) is 0 Å². The minimum atomic E-state index is -0.369. The number of hydroxylamine groups is 1. The normalized spacial score (nSPS) is 10.4. The van der Waals surface area contributed by atoms with Crippen LogP contribution in [0.15, 0.2) is 41.1 Å². The quantitative estimate of drug-likeness (QED) is 0.840. The molecule has 1 N–H and O–H groups in total. The first kappa shape index (κ1) is 15.6. The number of nitrogens with zero attached hydrogens (tertiary/aromatic N) is 1. The summed E-state index contributed by atoms with van der Waals surface area (Å²) in [5.74, 6) is -0.698. The van der Waals surface area contributed by atoms with Crippen LogP contribution < -0.4 is 5.48 Å². The SMILES string of the molecule is CCONC(=O)c1ccncc1Cc1ccc(Br)cc1F. The van der Waals surface area contributed by atoms with E-state index in [1.54, 1.807) is 31.3 Å². The van der Waals surface area contributed by atoms with Crippen molar-refractivity contribution >= 4 is 21.8 Å². The predicted octanol–water partition coefficient (Wildman–Crippen LogP) is 3.26. The van der Waals surface area contributed by atoms with E-state index in [-0.39, 0.29) is 18.1 Å². The van der Waals surface area contributed by atoms with Gasteiger partial charge < -0.3 is 0 Å².